The number of carboxylic acids is 1. The molecule has 3 rings (SSSR count). The molecule has 0 aliphatic carbocycles. The van der Waals surface area contributed by atoms with Gasteiger partial charge in [-0.1, -0.05) is 21.1 Å². The highest BCUT2D eigenvalue weighted by molar-refractivity contribution is 9.10. The first-order valence-electron chi connectivity index (χ1n) is 6.02. The van der Waals surface area contributed by atoms with Crippen LogP contribution in [0.25, 0.3) is 16.9 Å². The van der Waals surface area contributed by atoms with Crippen molar-refractivity contribution in [2.75, 3.05) is 0 Å². The molecule has 0 aliphatic rings. The van der Waals surface area contributed by atoms with E-state index in [4.69, 9.17) is 0 Å². The zero-order chi connectivity index (χ0) is 14.8. The molecule has 0 fully saturated rings. The fourth-order valence-corrected chi connectivity index (χ4v) is 2.22. The summed E-state index contributed by atoms with van der Waals surface area (Å²) in [6, 6.07) is 10.8. The van der Waals surface area contributed by atoms with Gasteiger partial charge in [-0.2, -0.15) is 0 Å². The van der Waals surface area contributed by atoms with Crippen LogP contribution in [0, 0.1) is 0 Å². The van der Waals surface area contributed by atoms with Crippen molar-refractivity contribution in [2.24, 2.45) is 0 Å². The molecule has 3 aromatic rings. The Morgan fingerprint density at radius 1 is 1.10 bits per heavy atom. The van der Waals surface area contributed by atoms with Gasteiger partial charge in [0.05, 0.1) is 5.69 Å². The van der Waals surface area contributed by atoms with Crippen molar-refractivity contribution in [3.63, 3.8) is 0 Å². The number of aromatic nitrogens is 4. The maximum atomic E-state index is 11.4. The number of rotatable bonds is 3. The summed E-state index contributed by atoms with van der Waals surface area (Å²) in [5, 5.41) is 17.0. The van der Waals surface area contributed by atoms with E-state index in [1.807, 2.05) is 24.3 Å². The Kier molecular flexibility index (Phi) is 3.49. The van der Waals surface area contributed by atoms with Crippen molar-refractivity contribution < 1.29 is 9.90 Å². The second-order valence-electron chi connectivity index (χ2n) is 4.22. The number of nitrogens with zero attached hydrogens (tertiary/aromatic N) is 4. The first kappa shape index (κ1) is 13.4. The highest BCUT2D eigenvalue weighted by Crippen LogP contribution is 2.25. The zero-order valence-corrected chi connectivity index (χ0v) is 12.2. The molecule has 1 N–H and O–H groups in total. The van der Waals surface area contributed by atoms with Crippen LogP contribution in [0.1, 0.15) is 10.5 Å². The van der Waals surface area contributed by atoms with Gasteiger partial charge >= 0.3 is 5.97 Å². The number of pyridine rings is 1. The minimum Gasteiger partial charge on any atom is -0.476 e. The summed E-state index contributed by atoms with van der Waals surface area (Å²) in [5.74, 6) is -1.12. The fourth-order valence-electron chi connectivity index (χ4n) is 1.96. The minimum absolute atomic E-state index is 0.0934. The maximum Gasteiger partial charge on any atom is 0.358 e. The molecule has 0 saturated carbocycles. The lowest BCUT2D eigenvalue weighted by molar-refractivity contribution is 0.0691. The first-order valence-corrected chi connectivity index (χ1v) is 6.81. The van der Waals surface area contributed by atoms with Gasteiger partial charge in [0.1, 0.15) is 5.69 Å². The van der Waals surface area contributed by atoms with Crippen molar-refractivity contribution in [3.8, 4) is 16.9 Å². The minimum atomic E-state index is -1.12. The summed E-state index contributed by atoms with van der Waals surface area (Å²) in [7, 11) is 0. The molecule has 0 saturated heterocycles. The number of hydrogen-bond donors (Lipinski definition) is 1. The molecule has 1 aromatic carbocycles. The van der Waals surface area contributed by atoms with Crippen molar-refractivity contribution in [3.05, 3.63) is 59.0 Å². The van der Waals surface area contributed by atoms with Crippen LogP contribution in [0.4, 0.5) is 0 Å². The van der Waals surface area contributed by atoms with E-state index >= 15 is 0 Å². The third kappa shape index (κ3) is 2.55. The van der Waals surface area contributed by atoms with Gasteiger partial charge in [-0.15, -0.1) is 5.10 Å². The molecule has 0 bridgehead atoms. The Morgan fingerprint density at radius 3 is 2.38 bits per heavy atom. The third-order valence-electron chi connectivity index (χ3n) is 2.90. The molecule has 0 aliphatic heterocycles. The van der Waals surface area contributed by atoms with Crippen LogP contribution < -0.4 is 0 Å². The fraction of sp³-hybridized carbons (Fsp3) is 0. The lowest BCUT2D eigenvalue weighted by Gasteiger charge is -2.07. The van der Waals surface area contributed by atoms with Crippen LogP contribution >= 0.6 is 15.9 Å². The number of aromatic carboxylic acids is 1. The van der Waals surface area contributed by atoms with E-state index in [0.717, 1.165) is 10.2 Å². The predicted molar refractivity (Wildman–Crippen MR) is 79.2 cm³/mol. The van der Waals surface area contributed by atoms with Gasteiger partial charge in [0.25, 0.3) is 0 Å². The molecule has 2 aromatic heterocycles. The number of hydrogen-bond acceptors (Lipinski definition) is 4. The Morgan fingerprint density at radius 2 is 1.76 bits per heavy atom. The standard InChI is InChI=1S/C14H9BrN4O2/c15-10-1-3-11(4-2-10)19-13(9-5-7-16-8-6-9)12(14(20)21)17-18-19/h1-8H,(H,20,21). The van der Waals surface area contributed by atoms with Crippen molar-refractivity contribution in [1.29, 1.82) is 0 Å². The Bertz CT molecular complexity index is 784. The average Bonchev–Trinajstić information content (AvgIpc) is 2.94. The van der Waals surface area contributed by atoms with E-state index in [1.165, 1.54) is 4.68 Å². The highest BCUT2D eigenvalue weighted by Gasteiger charge is 2.21. The zero-order valence-electron chi connectivity index (χ0n) is 10.6. The van der Waals surface area contributed by atoms with E-state index in [2.05, 4.69) is 31.2 Å². The maximum absolute atomic E-state index is 11.4. The highest BCUT2D eigenvalue weighted by atomic mass is 79.9. The summed E-state index contributed by atoms with van der Waals surface area (Å²) in [6.45, 7) is 0. The molecule has 0 radical (unpaired) electrons. The second kappa shape index (κ2) is 5.45. The summed E-state index contributed by atoms with van der Waals surface area (Å²) in [6.07, 6.45) is 3.19. The van der Waals surface area contributed by atoms with Crippen LogP contribution in [0.5, 0.6) is 0 Å². The lowest BCUT2D eigenvalue weighted by Crippen LogP contribution is -2.03. The van der Waals surface area contributed by atoms with Gasteiger partial charge in [-0.05, 0) is 36.4 Å². The van der Waals surface area contributed by atoms with Crippen LogP contribution in [0.15, 0.2) is 53.3 Å². The lowest BCUT2D eigenvalue weighted by atomic mass is 10.1. The van der Waals surface area contributed by atoms with Crippen LogP contribution in [0.2, 0.25) is 0 Å². The Balaban J connectivity index is 2.22. The van der Waals surface area contributed by atoms with Gasteiger partial charge < -0.3 is 5.11 Å². The predicted octanol–water partition coefficient (Wildman–Crippen LogP) is 2.79. The molecule has 104 valence electrons. The molecular formula is C14H9BrN4O2. The van der Waals surface area contributed by atoms with Crippen molar-refractivity contribution in [2.45, 2.75) is 0 Å². The molecule has 21 heavy (non-hydrogen) atoms. The second-order valence-corrected chi connectivity index (χ2v) is 5.13. The van der Waals surface area contributed by atoms with E-state index < -0.39 is 5.97 Å². The Hall–Kier alpha value is -2.54. The molecule has 7 heteroatoms. The smallest absolute Gasteiger partial charge is 0.358 e. The summed E-state index contributed by atoms with van der Waals surface area (Å²) in [5.41, 5.74) is 1.75. The van der Waals surface area contributed by atoms with Crippen LogP contribution in [-0.2, 0) is 0 Å². The molecule has 0 amide bonds. The third-order valence-corrected chi connectivity index (χ3v) is 3.43. The molecule has 0 atom stereocenters. The van der Waals surface area contributed by atoms with Crippen molar-refractivity contribution >= 4 is 21.9 Å². The average molecular weight is 345 g/mol. The molecule has 2 heterocycles. The summed E-state index contributed by atoms with van der Waals surface area (Å²) < 4.78 is 2.43. The van der Waals surface area contributed by atoms with Gasteiger partial charge in [0.15, 0.2) is 5.69 Å². The molecular weight excluding hydrogens is 336 g/mol. The number of halogens is 1. The summed E-state index contributed by atoms with van der Waals surface area (Å²) >= 11 is 3.36. The molecule has 0 spiro atoms. The monoisotopic (exact) mass is 344 g/mol. The number of carbonyl (C=O) groups is 1. The normalized spacial score (nSPS) is 10.5. The van der Waals surface area contributed by atoms with Crippen LogP contribution in [0.3, 0.4) is 0 Å². The van der Waals surface area contributed by atoms with E-state index in [-0.39, 0.29) is 5.69 Å². The van der Waals surface area contributed by atoms with Gasteiger partial charge in [0.2, 0.25) is 0 Å². The molecule has 6 nitrogen and oxygen atoms in total. The SMILES string of the molecule is O=C(O)c1nnn(-c2ccc(Br)cc2)c1-c1ccncc1. The topological polar surface area (TPSA) is 80.9 Å². The number of benzene rings is 1. The largest absolute Gasteiger partial charge is 0.476 e. The first-order chi connectivity index (χ1) is 10.2. The van der Waals surface area contributed by atoms with Gasteiger partial charge in [-0.25, -0.2) is 9.48 Å². The van der Waals surface area contributed by atoms with E-state index in [9.17, 15) is 9.90 Å². The van der Waals surface area contributed by atoms with Crippen molar-refractivity contribution in [1.82, 2.24) is 20.0 Å². The van der Waals surface area contributed by atoms with Gasteiger partial charge in [0, 0.05) is 22.4 Å². The van der Waals surface area contributed by atoms with Crippen LogP contribution in [-0.4, -0.2) is 31.1 Å². The van der Waals surface area contributed by atoms with E-state index in [0.29, 0.717) is 11.3 Å². The Labute approximate surface area is 128 Å². The molecule has 0 unspecified atom stereocenters. The number of carboxylic acid groups (broad SMARTS) is 1. The quantitative estimate of drug-likeness (QED) is 0.789. The van der Waals surface area contributed by atoms with Gasteiger partial charge in [-0.3, -0.25) is 4.98 Å². The summed E-state index contributed by atoms with van der Waals surface area (Å²) in [4.78, 5) is 15.3. The van der Waals surface area contributed by atoms with E-state index in [1.54, 1.807) is 24.5 Å².